The molecule has 39 heavy (non-hydrogen) atoms. The van der Waals surface area contributed by atoms with Gasteiger partial charge < -0.3 is 24.0 Å². The number of fused-ring (bicyclic) bond motifs is 3. The first-order valence-electron chi connectivity index (χ1n) is 12.6. The maximum absolute atomic E-state index is 16.2. The first-order chi connectivity index (χ1) is 18.7. The van der Waals surface area contributed by atoms with Gasteiger partial charge in [-0.2, -0.15) is 0 Å². The lowest BCUT2D eigenvalue weighted by Gasteiger charge is -2.41. The molecule has 4 heterocycles. The van der Waals surface area contributed by atoms with Gasteiger partial charge >= 0.3 is 6.09 Å². The van der Waals surface area contributed by atoms with E-state index in [2.05, 4.69) is 15.0 Å². The molecule has 0 radical (unpaired) electrons. The number of methoxy groups -OCH3 is 1. The largest absolute Gasteiger partial charge is 0.490 e. The van der Waals surface area contributed by atoms with Crippen LogP contribution in [0, 0.1) is 11.6 Å². The van der Waals surface area contributed by atoms with Gasteiger partial charge in [0.25, 0.3) is 0 Å². The van der Waals surface area contributed by atoms with E-state index in [1.165, 1.54) is 25.6 Å². The van der Waals surface area contributed by atoms with Crippen molar-refractivity contribution in [2.24, 2.45) is 0 Å². The third-order valence-corrected chi connectivity index (χ3v) is 6.94. The number of piperazine rings is 1. The molecule has 0 spiro atoms. The molecular formula is C28H27F2N5O4. The molecule has 0 aliphatic carbocycles. The Morgan fingerprint density at radius 3 is 2.69 bits per heavy atom. The summed E-state index contributed by atoms with van der Waals surface area (Å²) >= 11 is 0. The number of rotatable bonds is 2. The summed E-state index contributed by atoms with van der Waals surface area (Å²) in [5.41, 5.74) is -0.615. The molecule has 0 N–H and O–H groups in total. The highest BCUT2D eigenvalue weighted by atomic mass is 19.1. The van der Waals surface area contributed by atoms with Gasteiger partial charge in [0.1, 0.15) is 41.4 Å². The molecule has 0 saturated carbocycles. The summed E-state index contributed by atoms with van der Waals surface area (Å²) in [6.45, 7) is 6.84. The fourth-order valence-electron chi connectivity index (χ4n) is 5.26. The lowest BCUT2D eigenvalue weighted by atomic mass is 9.96. The van der Waals surface area contributed by atoms with Crippen LogP contribution in [-0.2, 0) is 4.74 Å². The van der Waals surface area contributed by atoms with Gasteiger partial charge in [0, 0.05) is 37.0 Å². The smallest absolute Gasteiger partial charge is 0.410 e. The van der Waals surface area contributed by atoms with Crippen LogP contribution in [0.3, 0.4) is 0 Å². The molecule has 2 aliphatic rings. The quantitative estimate of drug-likeness (QED) is 0.356. The molecule has 2 aromatic carbocycles. The summed E-state index contributed by atoms with van der Waals surface area (Å²) in [5, 5.41) is 1.39. The number of anilines is 1. The van der Waals surface area contributed by atoms with Crippen molar-refractivity contribution >= 4 is 33.6 Å². The molecule has 6 rings (SSSR count). The van der Waals surface area contributed by atoms with Crippen molar-refractivity contribution in [3.8, 4) is 22.8 Å². The van der Waals surface area contributed by atoms with Crippen molar-refractivity contribution in [3.05, 3.63) is 48.4 Å². The minimum atomic E-state index is -0.704. The van der Waals surface area contributed by atoms with Crippen LogP contribution in [0.2, 0.25) is 0 Å². The second kappa shape index (κ2) is 9.18. The fraction of sp³-hybridized carbons (Fsp3) is 0.357. The van der Waals surface area contributed by atoms with Gasteiger partial charge in [0.2, 0.25) is 5.88 Å². The molecule has 9 nitrogen and oxygen atoms in total. The summed E-state index contributed by atoms with van der Waals surface area (Å²) < 4.78 is 48.8. The van der Waals surface area contributed by atoms with E-state index in [1.807, 2.05) is 25.7 Å². The Morgan fingerprint density at radius 1 is 1.10 bits per heavy atom. The zero-order chi connectivity index (χ0) is 27.5. The summed E-state index contributed by atoms with van der Waals surface area (Å²) in [5.74, 6) is -0.327. The van der Waals surface area contributed by atoms with Crippen LogP contribution in [-0.4, -0.2) is 70.9 Å². The van der Waals surface area contributed by atoms with Gasteiger partial charge in [0.05, 0.1) is 23.9 Å². The highest BCUT2D eigenvalue weighted by Crippen LogP contribution is 2.44. The number of ether oxygens (including phenoxy) is 3. The van der Waals surface area contributed by atoms with Crippen LogP contribution in [0.25, 0.3) is 32.8 Å². The van der Waals surface area contributed by atoms with Gasteiger partial charge in [-0.05, 0) is 44.4 Å². The van der Waals surface area contributed by atoms with Crippen LogP contribution >= 0.6 is 0 Å². The maximum Gasteiger partial charge on any atom is 0.410 e. The Bertz CT molecular complexity index is 1620. The number of halogens is 2. The zero-order valence-electron chi connectivity index (χ0n) is 22.0. The van der Waals surface area contributed by atoms with Crippen molar-refractivity contribution < 1.29 is 27.8 Å². The normalized spacial score (nSPS) is 17.0. The lowest BCUT2D eigenvalue weighted by Crippen LogP contribution is -2.57. The van der Waals surface area contributed by atoms with Crippen molar-refractivity contribution in [2.75, 3.05) is 38.3 Å². The Kier molecular flexibility index (Phi) is 5.89. The van der Waals surface area contributed by atoms with Gasteiger partial charge in [0.15, 0.2) is 5.82 Å². The molecule has 0 bridgehead atoms. The Balaban J connectivity index is 1.46. The van der Waals surface area contributed by atoms with Crippen molar-refractivity contribution in [3.63, 3.8) is 0 Å². The first kappa shape index (κ1) is 25.0. The van der Waals surface area contributed by atoms with E-state index in [0.717, 1.165) is 0 Å². The van der Waals surface area contributed by atoms with E-state index in [9.17, 15) is 4.79 Å². The van der Waals surface area contributed by atoms with Crippen LogP contribution in [0.15, 0.2) is 36.8 Å². The second-order valence-electron chi connectivity index (χ2n) is 10.6. The predicted molar refractivity (Wildman–Crippen MR) is 141 cm³/mol. The maximum atomic E-state index is 16.2. The van der Waals surface area contributed by atoms with Crippen LogP contribution in [0.1, 0.15) is 20.8 Å². The zero-order valence-corrected chi connectivity index (χ0v) is 22.0. The molecule has 0 unspecified atom stereocenters. The highest BCUT2D eigenvalue weighted by Gasteiger charge is 2.37. The Labute approximate surface area is 223 Å². The number of carbonyl (C=O) groups is 1. The number of hydrogen-bond donors (Lipinski definition) is 0. The van der Waals surface area contributed by atoms with Crippen LogP contribution < -0.4 is 14.4 Å². The first-order valence-corrected chi connectivity index (χ1v) is 12.6. The van der Waals surface area contributed by atoms with E-state index < -0.39 is 23.3 Å². The molecule has 11 heteroatoms. The Morgan fingerprint density at radius 2 is 1.92 bits per heavy atom. The number of nitrogens with zero attached hydrogens (tertiary/aromatic N) is 5. The number of hydrogen-bond acceptors (Lipinski definition) is 8. The average molecular weight is 536 g/mol. The minimum absolute atomic E-state index is 0.00920. The molecule has 1 atom stereocenters. The van der Waals surface area contributed by atoms with Crippen molar-refractivity contribution in [2.45, 2.75) is 32.4 Å². The van der Waals surface area contributed by atoms with Crippen LogP contribution in [0.5, 0.6) is 11.6 Å². The number of amides is 1. The van der Waals surface area contributed by atoms with Gasteiger partial charge in [-0.1, -0.05) is 6.07 Å². The van der Waals surface area contributed by atoms with Gasteiger partial charge in [-0.25, -0.2) is 28.5 Å². The number of pyridine rings is 1. The SMILES string of the molecule is COc1nccc2ccc(F)c(-c3cc4c5c(ncnc5c3F)N3CCN(C(=O)OC(C)(C)C)C[C@H]3CO4)c12. The fourth-order valence-corrected chi connectivity index (χ4v) is 5.26. The minimum Gasteiger partial charge on any atom is -0.490 e. The topological polar surface area (TPSA) is 89.9 Å². The highest BCUT2D eigenvalue weighted by molar-refractivity contribution is 6.05. The van der Waals surface area contributed by atoms with E-state index in [0.29, 0.717) is 47.4 Å². The van der Waals surface area contributed by atoms with E-state index in [1.54, 1.807) is 23.2 Å². The van der Waals surface area contributed by atoms with E-state index >= 15 is 8.78 Å². The third-order valence-electron chi connectivity index (χ3n) is 6.94. The Hall–Kier alpha value is -4.28. The summed E-state index contributed by atoms with van der Waals surface area (Å²) in [7, 11) is 1.43. The predicted octanol–water partition coefficient (Wildman–Crippen LogP) is 4.95. The molecule has 1 amide bonds. The number of aromatic nitrogens is 3. The average Bonchev–Trinajstić information content (AvgIpc) is 3.06. The van der Waals surface area contributed by atoms with Crippen LogP contribution in [0.4, 0.5) is 19.4 Å². The lowest BCUT2D eigenvalue weighted by molar-refractivity contribution is 0.0202. The molecule has 2 aliphatic heterocycles. The van der Waals surface area contributed by atoms with Crippen molar-refractivity contribution in [1.29, 1.82) is 0 Å². The molecule has 1 fully saturated rings. The number of benzene rings is 2. The van der Waals surface area contributed by atoms with E-state index in [4.69, 9.17) is 14.2 Å². The molecule has 4 aromatic rings. The van der Waals surface area contributed by atoms with Gasteiger partial charge in [-0.3, -0.25) is 0 Å². The van der Waals surface area contributed by atoms with E-state index in [-0.39, 0.29) is 35.2 Å². The number of carbonyl (C=O) groups excluding carboxylic acids is 1. The summed E-state index contributed by atoms with van der Waals surface area (Å²) in [6, 6.07) is 5.81. The summed E-state index contributed by atoms with van der Waals surface area (Å²) in [4.78, 5) is 29.3. The molecule has 1 saturated heterocycles. The van der Waals surface area contributed by atoms with Gasteiger partial charge in [-0.15, -0.1) is 0 Å². The molecule has 2 aromatic heterocycles. The monoisotopic (exact) mass is 535 g/mol. The molecule has 202 valence electrons. The third kappa shape index (κ3) is 4.21. The standard InChI is InChI=1S/C28H27F2N5O4/c1-28(2,3)39-27(36)34-9-10-35-16(12-34)13-38-19-11-17(23(30)24-22(19)25(35)33-14-32-24)21-18(29)6-5-15-7-8-31-26(37-4)20(15)21/h5-8,11,14,16H,9-10,12-13H2,1-4H3/t16-/m0/s1. The summed E-state index contributed by atoms with van der Waals surface area (Å²) in [6.07, 6.45) is 2.44. The van der Waals surface area contributed by atoms with Crippen molar-refractivity contribution in [1.82, 2.24) is 19.9 Å². The molecular weight excluding hydrogens is 508 g/mol. The second-order valence-corrected chi connectivity index (χ2v) is 10.6.